The molecule has 43 heavy (non-hydrogen) atoms. The normalized spacial score (nSPS) is 18.3. The van der Waals surface area contributed by atoms with Gasteiger partial charge in [0, 0.05) is 63.0 Å². The Morgan fingerprint density at radius 3 is 2.86 bits per heavy atom. The van der Waals surface area contributed by atoms with E-state index < -0.39 is 5.82 Å². The molecule has 0 spiro atoms. The Morgan fingerprint density at radius 1 is 1.07 bits per heavy atom. The molecule has 2 aromatic heterocycles. The van der Waals surface area contributed by atoms with Gasteiger partial charge in [-0.1, -0.05) is 13.0 Å². The molecular formula is C32H38FN9O. The first kappa shape index (κ1) is 27.6. The fraction of sp³-hybridized carbons (Fsp3) is 0.406. The zero-order chi connectivity index (χ0) is 29.5. The van der Waals surface area contributed by atoms with Crippen molar-refractivity contribution < 1.29 is 9.50 Å². The number of fused-ring (bicyclic) bond motifs is 2. The number of aliphatic imine (C=N–C) groups is 1. The maximum atomic E-state index is 14.2. The van der Waals surface area contributed by atoms with Gasteiger partial charge in [0.05, 0.1) is 23.5 Å². The summed E-state index contributed by atoms with van der Waals surface area (Å²) in [6.07, 6.45) is 4.79. The fourth-order valence-electron chi connectivity index (χ4n) is 6.42. The summed E-state index contributed by atoms with van der Waals surface area (Å²) >= 11 is 0. The first-order chi connectivity index (χ1) is 20.9. The summed E-state index contributed by atoms with van der Waals surface area (Å²) in [6, 6.07) is 8.86. The third-order valence-corrected chi connectivity index (χ3v) is 8.84. The van der Waals surface area contributed by atoms with Crippen LogP contribution < -0.4 is 5.32 Å². The van der Waals surface area contributed by atoms with Crippen molar-refractivity contribution in [2.24, 2.45) is 4.99 Å². The molecule has 4 aromatic rings. The number of amidine groups is 1. The fourth-order valence-corrected chi connectivity index (χ4v) is 6.42. The molecule has 1 fully saturated rings. The molecule has 2 aromatic carbocycles. The standard InChI is InChI=1S/C32H38FN9O/c1-3-20-14-29(43)25(33)15-24(20)21-5-6-23-27(13-21)38-39-31(23)32-36-26-7-10-41(19-28(26)37-32)18-22-16-34-17-30(35-22)42-9-4-8-40(2)11-12-42/h5-6,13-16,34,43H,3-4,7-12,17-19H2,1-2H3,(H,36,37)(H,38,39). The van der Waals surface area contributed by atoms with Gasteiger partial charge in [0.25, 0.3) is 0 Å². The number of imidazole rings is 1. The number of hydrogen-bond acceptors (Lipinski definition) is 8. The Hall–Kier alpha value is -4.22. The summed E-state index contributed by atoms with van der Waals surface area (Å²) in [5.74, 6) is 0.946. The van der Waals surface area contributed by atoms with Crippen molar-refractivity contribution in [2.45, 2.75) is 32.7 Å². The molecule has 4 N–H and O–H groups in total. The van der Waals surface area contributed by atoms with Gasteiger partial charge >= 0.3 is 0 Å². The molecule has 3 aliphatic rings. The van der Waals surface area contributed by atoms with Crippen molar-refractivity contribution in [3.63, 3.8) is 0 Å². The van der Waals surface area contributed by atoms with E-state index >= 15 is 0 Å². The number of aryl methyl sites for hydroxylation is 1. The zero-order valence-corrected chi connectivity index (χ0v) is 24.8. The molecule has 224 valence electrons. The molecule has 0 radical (unpaired) electrons. The minimum atomic E-state index is -0.624. The van der Waals surface area contributed by atoms with Crippen molar-refractivity contribution >= 4 is 16.7 Å². The van der Waals surface area contributed by atoms with Crippen molar-refractivity contribution in [1.82, 2.24) is 40.2 Å². The van der Waals surface area contributed by atoms with Crippen LogP contribution in [0, 0.1) is 5.82 Å². The first-order valence-electron chi connectivity index (χ1n) is 15.2. The zero-order valence-electron chi connectivity index (χ0n) is 24.8. The van der Waals surface area contributed by atoms with E-state index in [0.717, 1.165) is 127 Å². The van der Waals surface area contributed by atoms with Crippen LogP contribution in [0.15, 0.2) is 47.2 Å². The number of hydrogen-bond donors (Lipinski definition) is 4. The van der Waals surface area contributed by atoms with E-state index in [2.05, 4.69) is 48.4 Å². The highest BCUT2D eigenvalue weighted by atomic mass is 19.1. The van der Waals surface area contributed by atoms with Gasteiger partial charge in [-0.3, -0.25) is 10.00 Å². The van der Waals surface area contributed by atoms with Gasteiger partial charge < -0.3 is 25.2 Å². The average Bonchev–Trinajstić information content (AvgIpc) is 3.56. The second-order valence-electron chi connectivity index (χ2n) is 11.8. The van der Waals surface area contributed by atoms with Crippen molar-refractivity contribution in [3.05, 3.63) is 65.0 Å². The van der Waals surface area contributed by atoms with Crippen molar-refractivity contribution in [1.29, 1.82) is 0 Å². The first-order valence-corrected chi connectivity index (χ1v) is 15.2. The van der Waals surface area contributed by atoms with E-state index in [0.29, 0.717) is 6.42 Å². The summed E-state index contributed by atoms with van der Waals surface area (Å²) < 4.78 is 14.2. The second kappa shape index (κ2) is 11.5. The van der Waals surface area contributed by atoms with Crippen LogP contribution in [0.2, 0.25) is 0 Å². The van der Waals surface area contributed by atoms with Gasteiger partial charge in [-0.15, -0.1) is 0 Å². The monoisotopic (exact) mass is 583 g/mol. The molecule has 0 unspecified atom stereocenters. The number of benzene rings is 2. The van der Waals surface area contributed by atoms with E-state index in [1.165, 1.54) is 12.1 Å². The van der Waals surface area contributed by atoms with Gasteiger partial charge in [0.15, 0.2) is 17.4 Å². The molecule has 7 rings (SSSR count). The Labute approximate surface area is 250 Å². The van der Waals surface area contributed by atoms with E-state index in [-0.39, 0.29) is 5.75 Å². The molecule has 0 bridgehead atoms. The highest BCUT2D eigenvalue weighted by molar-refractivity contribution is 5.94. The number of nitrogens with one attached hydrogen (secondary N) is 3. The average molecular weight is 584 g/mol. The van der Waals surface area contributed by atoms with Crippen LogP contribution in [0.25, 0.3) is 33.5 Å². The summed E-state index contributed by atoms with van der Waals surface area (Å²) in [5.41, 5.74) is 7.40. The number of H-pyrrole nitrogens is 2. The Kier molecular flexibility index (Phi) is 7.36. The van der Waals surface area contributed by atoms with E-state index in [4.69, 9.17) is 9.98 Å². The molecular weight excluding hydrogens is 545 g/mol. The predicted octanol–water partition coefficient (Wildman–Crippen LogP) is 3.87. The number of nitrogens with zero attached hydrogens (tertiary/aromatic N) is 6. The second-order valence-corrected chi connectivity index (χ2v) is 11.8. The van der Waals surface area contributed by atoms with Gasteiger partial charge in [-0.05, 0) is 67.4 Å². The maximum Gasteiger partial charge on any atom is 0.165 e. The molecule has 10 nitrogen and oxygen atoms in total. The number of phenolic OH excluding ortho intramolecular Hbond substituents is 1. The minimum absolute atomic E-state index is 0.323. The van der Waals surface area contributed by atoms with E-state index in [9.17, 15) is 9.50 Å². The van der Waals surface area contributed by atoms with Crippen LogP contribution in [0.3, 0.4) is 0 Å². The SMILES string of the molecule is CCc1cc(O)c(F)cc1-c1ccc2c(-c3nc4c([nH]3)CCN(CC3=CNCC(N5CCCN(C)CC5)=N3)C4)n[nH]c2c1. The van der Waals surface area contributed by atoms with Crippen LogP contribution in [0.5, 0.6) is 5.75 Å². The summed E-state index contributed by atoms with van der Waals surface area (Å²) in [7, 11) is 2.19. The predicted molar refractivity (Wildman–Crippen MR) is 166 cm³/mol. The van der Waals surface area contributed by atoms with Gasteiger partial charge in [0.1, 0.15) is 11.5 Å². The van der Waals surface area contributed by atoms with Crippen LogP contribution in [0.1, 0.15) is 30.3 Å². The maximum absolute atomic E-state index is 14.2. The molecule has 3 aliphatic heterocycles. The van der Waals surface area contributed by atoms with Crippen molar-refractivity contribution in [3.8, 4) is 28.4 Å². The Balaban J connectivity index is 1.07. The summed E-state index contributed by atoms with van der Waals surface area (Å²) in [6.45, 7) is 9.51. The minimum Gasteiger partial charge on any atom is -0.505 e. The van der Waals surface area contributed by atoms with Crippen LogP contribution >= 0.6 is 0 Å². The highest BCUT2D eigenvalue weighted by Gasteiger charge is 2.25. The van der Waals surface area contributed by atoms with Gasteiger partial charge in [-0.25, -0.2) is 14.4 Å². The molecule has 0 aliphatic carbocycles. The number of phenols is 1. The molecule has 11 heteroatoms. The number of likely N-dealkylation sites (N-methyl/N-ethyl adjacent to an activating group) is 1. The molecule has 1 saturated heterocycles. The van der Waals surface area contributed by atoms with Crippen LogP contribution in [-0.2, 0) is 19.4 Å². The largest absolute Gasteiger partial charge is 0.505 e. The van der Waals surface area contributed by atoms with Gasteiger partial charge in [-0.2, -0.15) is 5.10 Å². The number of aromatic hydroxyl groups is 1. The van der Waals surface area contributed by atoms with Crippen LogP contribution in [-0.4, -0.2) is 98.7 Å². The number of halogens is 1. The van der Waals surface area contributed by atoms with Crippen molar-refractivity contribution in [2.75, 3.05) is 52.9 Å². The lowest BCUT2D eigenvalue weighted by Crippen LogP contribution is -2.42. The molecule has 0 saturated carbocycles. The third-order valence-electron chi connectivity index (χ3n) is 8.84. The third kappa shape index (κ3) is 5.50. The van der Waals surface area contributed by atoms with Crippen LogP contribution in [0.4, 0.5) is 4.39 Å². The number of rotatable bonds is 5. The molecule has 0 atom stereocenters. The van der Waals surface area contributed by atoms with E-state index in [1.54, 1.807) is 0 Å². The Morgan fingerprint density at radius 2 is 1.98 bits per heavy atom. The number of aromatic amines is 2. The lowest BCUT2D eigenvalue weighted by molar-refractivity contribution is 0.269. The highest BCUT2D eigenvalue weighted by Crippen LogP contribution is 2.34. The topological polar surface area (TPSA) is 112 Å². The lowest BCUT2D eigenvalue weighted by Gasteiger charge is -2.30. The summed E-state index contributed by atoms with van der Waals surface area (Å²) in [5, 5.41) is 22.0. The Bertz CT molecular complexity index is 1720. The summed E-state index contributed by atoms with van der Waals surface area (Å²) in [4.78, 5) is 20.8. The smallest absolute Gasteiger partial charge is 0.165 e. The molecule has 5 heterocycles. The lowest BCUT2D eigenvalue weighted by atomic mass is 9.96. The van der Waals surface area contributed by atoms with Gasteiger partial charge in [0.2, 0.25) is 0 Å². The van der Waals surface area contributed by atoms with E-state index in [1.807, 2.05) is 25.1 Å². The quantitative estimate of drug-likeness (QED) is 0.282. The number of aromatic nitrogens is 4. The molecule has 0 amide bonds.